The van der Waals surface area contributed by atoms with Crippen LogP contribution in [0.25, 0.3) is 21.9 Å². The first kappa shape index (κ1) is 15.6. The predicted molar refractivity (Wildman–Crippen MR) is 92.1 cm³/mol. The SMILES string of the molecule is COc1cccc(-c2c(CO)n(C)c(=O)c3ccc(Cl)cc23)c1. The standard InChI is InChI=1S/C18H16ClNO3/c1-20-16(10-21)17(11-4-3-5-13(8-11)23-2)15-9-12(19)6-7-14(15)18(20)22/h3-9,21H,10H2,1-2H3. The van der Waals surface area contributed by atoms with E-state index in [1.807, 2.05) is 24.3 Å². The lowest BCUT2D eigenvalue weighted by Crippen LogP contribution is -2.22. The van der Waals surface area contributed by atoms with Crippen LogP contribution >= 0.6 is 11.6 Å². The van der Waals surface area contributed by atoms with E-state index in [0.717, 1.165) is 16.5 Å². The van der Waals surface area contributed by atoms with Crippen molar-refractivity contribution in [2.45, 2.75) is 6.61 Å². The predicted octanol–water partition coefficient (Wildman–Crippen LogP) is 3.36. The summed E-state index contributed by atoms with van der Waals surface area (Å²) in [5.41, 5.74) is 2.02. The zero-order valence-corrected chi connectivity index (χ0v) is 13.6. The van der Waals surface area contributed by atoms with Crippen molar-refractivity contribution in [1.29, 1.82) is 0 Å². The number of ether oxygens (including phenoxy) is 1. The van der Waals surface area contributed by atoms with Gasteiger partial charge in [-0.2, -0.15) is 0 Å². The normalized spacial score (nSPS) is 11.0. The van der Waals surface area contributed by atoms with Crippen LogP contribution in [0.4, 0.5) is 0 Å². The van der Waals surface area contributed by atoms with E-state index in [4.69, 9.17) is 16.3 Å². The van der Waals surface area contributed by atoms with Gasteiger partial charge < -0.3 is 14.4 Å². The minimum Gasteiger partial charge on any atom is -0.497 e. The average molecular weight is 330 g/mol. The Morgan fingerprint density at radius 1 is 1.17 bits per heavy atom. The van der Waals surface area contributed by atoms with Gasteiger partial charge in [0.15, 0.2) is 0 Å². The summed E-state index contributed by atoms with van der Waals surface area (Å²) in [5, 5.41) is 11.6. The maximum atomic E-state index is 12.5. The Kier molecular flexibility index (Phi) is 4.11. The smallest absolute Gasteiger partial charge is 0.258 e. The van der Waals surface area contributed by atoms with Crippen LogP contribution in [0.15, 0.2) is 47.3 Å². The summed E-state index contributed by atoms with van der Waals surface area (Å²) in [6.45, 7) is -0.249. The van der Waals surface area contributed by atoms with E-state index in [2.05, 4.69) is 0 Å². The highest BCUT2D eigenvalue weighted by Crippen LogP contribution is 2.33. The molecule has 0 bridgehead atoms. The summed E-state index contributed by atoms with van der Waals surface area (Å²) in [7, 11) is 3.26. The molecule has 0 amide bonds. The topological polar surface area (TPSA) is 51.5 Å². The fourth-order valence-electron chi connectivity index (χ4n) is 2.82. The van der Waals surface area contributed by atoms with E-state index in [1.54, 1.807) is 32.4 Å². The fourth-order valence-corrected chi connectivity index (χ4v) is 2.99. The Labute approximate surface area is 138 Å². The van der Waals surface area contributed by atoms with Gasteiger partial charge in [0.2, 0.25) is 0 Å². The number of aliphatic hydroxyl groups is 1. The molecular weight excluding hydrogens is 314 g/mol. The Bertz CT molecular complexity index is 947. The quantitative estimate of drug-likeness (QED) is 0.801. The lowest BCUT2D eigenvalue weighted by Gasteiger charge is -2.16. The van der Waals surface area contributed by atoms with Gasteiger partial charge in [-0.25, -0.2) is 0 Å². The number of methoxy groups -OCH3 is 1. The van der Waals surface area contributed by atoms with Crippen molar-refractivity contribution in [2.24, 2.45) is 7.05 Å². The first-order chi connectivity index (χ1) is 11.1. The van der Waals surface area contributed by atoms with Gasteiger partial charge >= 0.3 is 0 Å². The van der Waals surface area contributed by atoms with Crippen molar-refractivity contribution in [2.75, 3.05) is 7.11 Å². The zero-order chi connectivity index (χ0) is 16.6. The summed E-state index contributed by atoms with van der Waals surface area (Å²) in [4.78, 5) is 12.5. The van der Waals surface area contributed by atoms with Gasteiger partial charge in [0, 0.05) is 23.0 Å². The number of hydrogen-bond donors (Lipinski definition) is 1. The number of aromatic nitrogens is 1. The van der Waals surface area contributed by atoms with Crippen LogP contribution in [0.1, 0.15) is 5.69 Å². The van der Waals surface area contributed by atoms with Crippen LogP contribution in [-0.4, -0.2) is 16.8 Å². The molecule has 1 aromatic heterocycles. The van der Waals surface area contributed by atoms with Gasteiger partial charge in [0.05, 0.1) is 19.4 Å². The molecule has 0 spiro atoms. The van der Waals surface area contributed by atoms with E-state index in [0.29, 0.717) is 21.9 Å². The van der Waals surface area contributed by atoms with Crippen LogP contribution in [0.2, 0.25) is 5.02 Å². The van der Waals surface area contributed by atoms with Crippen molar-refractivity contribution in [3.8, 4) is 16.9 Å². The maximum absolute atomic E-state index is 12.5. The van der Waals surface area contributed by atoms with Crippen molar-refractivity contribution in [3.63, 3.8) is 0 Å². The molecule has 0 aliphatic rings. The highest BCUT2D eigenvalue weighted by atomic mass is 35.5. The molecule has 23 heavy (non-hydrogen) atoms. The fraction of sp³-hybridized carbons (Fsp3) is 0.167. The van der Waals surface area contributed by atoms with Gasteiger partial charge in [-0.1, -0.05) is 23.7 Å². The number of halogens is 1. The van der Waals surface area contributed by atoms with Crippen LogP contribution in [-0.2, 0) is 13.7 Å². The van der Waals surface area contributed by atoms with Crippen molar-refractivity contribution in [3.05, 3.63) is 63.5 Å². The molecule has 3 rings (SSSR count). The molecule has 0 radical (unpaired) electrons. The molecule has 0 atom stereocenters. The molecule has 0 fully saturated rings. The number of nitrogens with zero attached hydrogens (tertiary/aromatic N) is 1. The van der Waals surface area contributed by atoms with E-state index in [-0.39, 0.29) is 12.2 Å². The lowest BCUT2D eigenvalue weighted by molar-refractivity contribution is 0.272. The Morgan fingerprint density at radius 2 is 1.96 bits per heavy atom. The average Bonchev–Trinajstić information content (AvgIpc) is 2.57. The summed E-state index contributed by atoms with van der Waals surface area (Å²) in [6, 6.07) is 12.7. The molecule has 1 heterocycles. The Morgan fingerprint density at radius 3 is 2.65 bits per heavy atom. The highest BCUT2D eigenvalue weighted by molar-refractivity contribution is 6.31. The second kappa shape index (κ2) is 6.07. The van der Waals surface area contributed by atoms with Gasteiger partial charge in [-0.05, 0) is 41.3 Å². The van der Waals surface area contributed by atoms with E-state index >= 15 is 0 Å². The summed E-state index contributed by atoms with van der Waals surface area (Å²) in [5.74, 6) is 0.704. The van der Waals surface area contributed by atoms with E-state index in [9.17, 15) is 9.90 Å². The molecule has 118 valence electrons. The molecule has 1 N–H and O–H groups in total. The number of pyridine rings is 1. The van der Waals surface area contributed by atoms with Crippen molar-refractivity contribution >= 4 is 22.4 Å². The second-order valence-electron chi connectivity index (χ2n) is 5.27. The van der Waals surface area contributed by atoms with Crippen molar-refractivity contribution < 1.29 is 9.84 Å². The minimum absolute atomic E-state index is 0.160. The van der Waals surface area contributed by atoms with E-state index in [1.165, 1.54) is 4.57 Å². The number of rotatable bonds is 3. The van der Waals surface area contributed by atoms with Crippen LogP contribution in [0, 0.1) is 0 Å². The largest absolute Gasteiger partial charge is 0.497 e. The Hall–Kier alpha value is -2.30. The molecule has 4 nitrogen and oxygen atoms in total. The van der Waals surface area contributed by atoms with Crippen LogP contribution < -0.4 is 10.3 Å². The van der Waals surface area contributed by atoms with E-state index < -0.39 is 0 Å². The van der Waals surface area contributed by atoms with Crippen LogP contribution in [0.5, 0.6) is 5.75 Å². The summed E-state index contributed by atoms with van der Waals surface area (Å²) < 4.78 is 6.76. The summed E-state index contributed by atoms with van der Waals surface area (Å²) in [6.07, 6.45) is 0. The molecular formula is C18H16ClNO3. The maximum Gasteiger partial charge on any atom is 0.258 e. The first-order valence-corrected chi connectivity index (χ1v) is 7.51. The third-order valence-corrected chi connectivity index (χ3v) is 4.22. The first-order valence-electron chi connectivity index (χ1n) is 7.13. The molecule has 0 aliphatic heterocycles. The molecule has 0 saturated heterocycles. The molecule has 0 aliphatic carbocycles. The third-order valence-electron chi connectivity index (χ3n) is 3.99. The second-order valence-corrected chi connectivity index (χ2v) is 5.70. The highest BCUT2D eigenvalue weighted by Gasteiger charge is 2.16. The number of benzene rings is 2. The van der Waals surface area contributed by atoms with Crippen molar-refractivity contribution in [1.82, 2.24) is 4.57 Å². The zero-order valence-electron chi connectivity index (χ0n) is 12.8. The van der Waals surface area contributed by atoms with Crippen LogP contribution in [0.3, 0.4) is 0 Å². The van der Waals surface area contributed by atoms with Gasteiger partial charge in [-0.15, -0.1) is 0 Å². The van der Waals surface area contributed by atoms with Gasteiger partial charge in [-0.3, -0.25) is 4.79 Å². The summed E-state index contributed by atoms with van der Waals surface area (Å²) >= 11 is 6.13. The monoisotopic (exact) mass is 329 g/mol. The molecule has 2 aromatic carbocycles. The lowest BCUT2D eigenvalue weighted by atomic mass is 9.97. The molecule has 0 saturated carbocycles. The molecule has 3 aromatic rings. The number of hydrogen-bond acceptors (Lipinski definition) is 3. The van der Waals surface area contributed by atoms with Gasteiger partial charge in [0.25, 0.3) is 5.56 Å². The molecule has 5 heteroatoms. The third kappa shape index (κ3) is 2.60. The number of aliphatic hydroxyl groups excluding tert-OH is 1. The van der Waals surface area contributed by atoms with Gasteiger partial charge in [0.1, 0.15) is 5.75 Å². The minimum atomic E-state index is -0.249. The Balaban J connectivity index is 2.48. The number of fused-ring (bicyclic) bond motifs is 1. The molecule has 0 unspecified atom stereocenters.